The summed E-state index contributed by atoms with van der Waals surface area (Å²) < 4.78 is 0. The van der Waals surface area contributed by atoms with Crippen LogP contribution in [0.25, 0.3) is 0 Å². The molecular formula is C9H10N4O3. The molecule has 1 unspecified atom stereocenters. The van der Waals surface area contributed by atoms with E-state index in [0.717, 1.165) is 5.01 Å². The topological polar surface area (TPSA) is 93.3 Å². The van der Waals surface area contributed by atoms with Gasteiger partial charge in [0.1, 0.15) is 6.04 Å². The van der Waals surface area contributed by atoms with Crippen molar-refractivity contribution in [1.82, 2.24) is 15.3 Å². The number of nitrogens with zero attached hydrogens (tertiary/aromatic N) is 3. The van der Waals surface area contributed by atoms with E-state index in [1.807, 2.05) is 6.07 Å². The molecule has 2 aliphatic heterocycles. The van der Waals surface area contributed by atoms with E-state index in [1.54, 1.807) is 0 Å². The highest BCUT2D eigenvalue weighted by Crippen LogP contribution is 2.15. The first-order valence-electron chi connectivity index (χ1n) is 4.92. The van der Waals surface area contributed by atoms with Gasteiger partial charge in [0.2, 0.25) is 17.7 Å². The van der Waals surface area contributed by atoms with E-state index in [9.17, 15) is 14.4 Å². The maximum atomic E-state index is 11.4. The van der Waals surface area contributed by atoms with Crippen molar-refractivity contribution in [1.29, 1.82) is 5.26 Å². The number of carbonyl (C=O) groups excluding carboxylic acids is 3. The van der Waals surface area contributed by atoms with Crippen molar-refractivity contribution in [2.75, 3.05) is 13.1 Å². The summed E-state index contributed by atoms with van der Waals surface area (Å²) in [5.74, 6) is -0.917. The normalized spacial score (nSPS) is 23.6. The summed E-state index contributed by atoms with van der Waals surface area (Å²) in [5.41, 5.74) is 2.48. The Kier molecular flexibility index (Phi) is 2.58. The number of nitrogens with one attached hydrogen (secondary N) is 1. The lowest BCUT2D eigenvalue weighted by Gasteiger charge is -2.14. The molecule has 0 bridgehead atoms. The van der Waals surface area contributed by atoms with Crippen LogP contribution in [-0.2, 0) is 14.4 Å². The predicted octanol–water partition coefficient (Wildman–Crippen LogP) is -1.63. The highest BCUT2D eigenvalue weighted by atomic mass is 16.2. The van der Waals surface area contributed by atoms with Gasteiger partial charge in [0, 0.05) is 12.8 Å². The van der Waals surface area contributed by atoms with Crippen LogP contribution >= 0.6 is 0 Å². The van der Waals surface area contributed by atoms with E-state index in [0.29, 0.717) is 6.54 Å². The Morgan fingerprint density at radius 3 is 2.56 bits per heavy atom. The standard InChI is InChI=1S/C9H10N4O3/c10-3-6-5-12(6)9(16)4-11-13-7(14)1-2-8(13)15/h6,11H,1-2,4-5H2. The van der Waals surface area contributed by atoms with Crippen LogP contribution in [0.4, 0.5) is 0 Å². The number of hydrazine groups is 1. The molecule has 3 amide bonds. The lowest BCUT2D eigenvalue weighted by molar-refractivity contribution is -0.142. The lowest BCUT2D eigenvalue weighted by Crippen LogP contribution is -2.45. The molecule has 2 rings (SSSR count). The van der Waals surface area contributed by atoms with Crippen molar-refractivity contribution in [3.05, 3.63) is 0 Å². The van der Waals surface area contributed by atoms with Gasteiger partial charge in [-0.25, -0.2) is 10.4 Å². The molecule has 0 spiro atoms. The van der Waals surface area contributed by atoms with Gasteiger partial charge in [-0.3, -0.25) is 14.4 Å². The fourth-order valence-corrected chi connectivity index (χ4v) is 1.53. The monoisotopic (exact) mass is 222 g/mol. The molecule has 84 valence electrons. The smallest absolute Gasteiger partial charge is 0.244 e. The number of amides is 3. The average molecular weight is 222 g/mol. The largest absolute Gasteiger partial charge is 0.321 e. The molecule has 2 aliphatic rings. The summed E-state index contributed by atoms with van der Waals surface area (Å²) in [7, 11) is 0. The van der Waals surface area contributed by atoms with Crippen molar-refractivity contribution in [2.45, 2.75) is 18.9 Å². The quantitative estimate of drug-likeness (QED) is 0.457. The third kappa shape index (κ3) is 1.87. The number of nitriles is 1. The molecule has 0 aliphatic carbocycles. The summed E-state index contributed by atoms with van der Waals surface area (Å²) in [4.78, 5) is 35.1. The minimum absolute atomic E-state index is 0.129. The van der Waals surface area contributed by atoms with Crippen LogP contribution in [0.15, 0.2) is 0 Å². The van der Waals surface area contributed by atoms with Gasteiger partial charge < -0.3 is 4.90 Å². The van der Waals surface area contributed by atoms with Crippen LogP contribution in [0.5, 0.6) is 0 Å². The van der Waals surface area contributed by atoms with E-state index in [-0.39, 0.29) is 43.1 Å². The van der Waals surface area contributed by atoms with E-state index in [1.165, 1.54) is 4.90 Å². The molecule has 16 heavy (non-hydrogen) atoms. The van der Waals surface area contributed by atoms with E-state index in [4.69, 9.17) is 5.26 Å². The zero-order chi connectivity index (χ0) is 11.7. The van der Waals surface area contributed by atoms with Crippen molar-refractivity contribution < 1.29 is 14.4 Å². The molecule has 2 fully saturated rings. The molecule has 0 aromatic carbocycles. The summed E-state index contributed by atoms with van der Waals surface area (Å²) >= 11 is 0. The molecule has 2 saturated heterocycles. The van der Waals surface area contributed by atoms with Crippen molar-refractivity contribution in [3.63, 3.8) is 0 Å². The van der Waals surface area contributed by atoms with Gasteiger partial charge in [-0.2, -0.15) is 5.26 Å². The van der Waals surface area contributed by atoms with Crippen LogP contribution in [0, 0.1) is 11.3 Å². The third-order valence-corrected chi connectivity index (χ3v) is 2.52. The number of hydrogen-bond acceptors (Lipinski definition) is 5. The maximum absolute atomic E-state index is 11.4. The first-order valence-corrected chi connectivity index (χ1v) is 4.92. The first-order chi connectivity index (χ1) is 7.63. The van der Waals surface area contributed by atoms with Crippen LogP contribution in [0.1, 0.15) is 12.8 Å². The lowest BCUT2D eigenvalue weighted by atomic mass is 10.4. The number of rotatable bonds is 3. The predicted molar refractivity (Wildman–Crippen MR) is 50.2 cm³/mol. The summed E-state index contributed by atoms with van der Waals surface area (Å²) in [5, 5.41) is 9.38. The number of hydrogen-bond donors (Lipinski definition) is 1. The van der Waals surface area contributed by atoms with Gasteiger partial charge in [-0.05, 0) is 0 Å². The summed E-state index contributed by atoms with van der Waals surface area (Å²) in [6, 6.07) is 1.60. The molecule has 0 radical (unpaired) electrons. The first kappa shape index (κ1) is 10.6. The van der Waals surface area contributed by atoms with Crippen LogP contribution in [-0.4, -0.2) is 46.8 Å². The number of imide groups is 1. The zero-order valence-electron chi connectivity index (χ0n) is 8.47. The number of carbonyl (C=O) groups is 3. The van der Waals surface area contributed by atoms with E-state index >= 15 is 0 Å². The van der Waals surface area contributed by atoms with Gasteiger partial charge in [-0.1, -0.05) is 0 Å². The van der Waals surface area contributed by atoms with E-state index < -0.39 is 0 Å². The summed E-state index contributed by atoms with van der Waals surface area (Å²) in [6.07, 6.45) is 0.370. The molecule has 0 saturated carbocycles. The van der Waals surface area contributed by atoms with Crippen molar-refractivity contribution >= 4 is 17.7 Å². The Bertz CT molecular complexity index is 384. The highest BCUT2D eigenvalue weighted by Gasteiger charge is 2.39. The van der Waals surface area contributed by atoms with Crippen LogP contribution < -0.4 is 5.43 Å². The minimum Gasteiger partial charge on any atom is -0.321 e. The zero-order valence-corrected chi connectivity index (χ0v) is 8.47. The Labute approximate surface area is 91.6 Å². The third-order valence-electron chi connectivity index (χ3n) is 2.52. The Balaban J connectivity index is 1.80. The fourth-order valence-electron chi connectivity index (χ4n) is 1.53. The van der Waals surface area contributed by atoms with Crippen LogP contribution in [0.3, 0.4) is 0 Å². The second kappa shape index (κ2) is 3.90. The van der Waals surface area contributed by atoms with Gasteiger partial charge in [0.15, 0.2) is 0 Å². The van der Waals surface area contributed by atoms with Crippen LogP contribution in [0.2, 0.25) is 0 Å². The van der Waals surface area contributed by atoms with Crippen molar-refractivity contribution in [3.8, 4) is 6.07 Å². The SMILES string of the molecule is N#CC1CN1C(=O)CNN1C(=O)CCC1=O. The molecular weight excluding hydrogens is 212 g/mol. The Morgan fingerprint density at radius 2 is 2.06 bits per heavy atom. The van der Waals surface area contributed by atoms with Gasteiger partial charge >= 0.3 is 0 Å². The fraction of sp³-hybridized carbons (Fsp3) is 0.556. The Morgan fingerprint density at radius 1 is 1.44 bits per heavy atom. The van der Waals surface area contributed by atoms with Crippen molar-refractivity contribution in [2.24, 2.45) is 0 Å². The van der Waals surface area contributed by atoms with E-state index in [2.05, 4.69) is 5.43 Å². The maximum Gasteiger partial charge on any atom is 0.244 e. The second-order valence-corrected chi connectivity index (χ2v) is 3.65. The molecule has 2 heterocycles. The van der Waals surface area contributed by atoms with Gasteiger partial charge in [0.05, 0.1) is 19.2 Å². The Hall–Kier alpha value is -1.94. The molecule has 7 nitrogen and oxygen atoms in total. The summed E-state index contributed by atoms with van der Waals surface area (Å²) in [6.45, 7) is 0.300. The van der Waals surface area contributed by atoms with Gasteiger partial charge in [0.25, 0.3) is 0 Å². The minimum atomic E-state index is -0.348. The average Bonchev–Trinajstić information content (AvgIpc) is 2.99. The van der Waals surface area contributed by atoms with Gasteiger partial charge in [-0.15, -0.1) is 0 Å². The molecule has 0 aromatic heterocycles. The molecule has 1 N–H and O–H groups in total. The molecule has 7 heteroatoms. The molecule has 1 atom stereocenters. The molecule has 0 aromatic rings. The second-order valence-electron chi connectivity index (χ2n) is 3.65. The highest BCUT2D eigenvalue weighted by molar-refractivity contribution is 6.01.